The summed E-state index contributed by atoms with van der Waals surface area (Å²) in [5, 5.41) is 9.62. The third-order valence-corrected chi connectivity index (χ3v) is 5.16. The second kappa shape index (κ2) is 8.95. The fourth-order valence-electron chi connectivity index (χ4n) is 3.67. The molecular formula is C22H21F2N5O2. The fraction of sp³-hybridized carbons (Fsp3) is 0.227. The highest BCUT2D eigenvalue weighted by Gasteiger charge is 2.26. The highest BCUT2D eigenvalue weighted by molar-refractivity contribution is 5.99. The van der Waals surface area contributed by atoms with Crippen LogP contribution in [-0.4, -0.2) is 39.7 Å². The topological polar surface area (TPSA) is 79.3 Å². The van der Waals surface area contributed by atoms with E-state index < -0.39 is 17.7 Å². The lowest BCUT2D eigenvalue weighted by molar-refractivity contribution is 0.0690. The van der Waals surface area contributed by atoms with Gasteiger partial charge in [-0.1, -0.05) is 12.1 Å². The summed E-state index contributed by atoms with van der Waals surface area (Å²) in [6.07, 6.45) is 2.87. The SMILES string of the molecule is O=C(Nc1cccc(F)c1)Nc1ccnn1C1CCN(C(=O)c2cccc(F)c2)CC1. The zero-order valence-corrected chi connectivity index (χ0v) is 16.6. The van der Waals surface area contributed by atoms with Gasteiger partial charge in [0.2, 0.25) is 0 Å². The first kappa shape index (κ1) is 20.5. The van der Waals surface area contributed by atoms with E-state index in [9.17, 15) is 18.4 Å². The molecule has 1 aliphatic rings. The first-order valence-corrected chi connectivity index (χ1v) is 9.91. The normalized spacial score (nSPS) is 14.3. The molecule has 4 rings (SSSR count). The van der Waals surface area contributed by atoms with Crippen LogP contribution < -0.4 is 10.6 Å². The van der Waals surface area contributed by atoms with Gasteiger partial charge in [0.05, 0.1) is 12.2 Å². The predicted molar refractivity (Wildman–Crippen MR) is 112 cm³/mol. The van der Waals surface area contributed by atoms with E-state index in [2.05, 4.69) is 15.7 Å². The molecule has 1 aromatic heterocycles. The van der Waals surface area contributed by atoms with Crippen LogP contribution in [-0.2, 0) is 0 Å². The smallest absolute Gasteiger partial charge is 0.324 e. The maximum Gasteiger partial charge on any atom is 0.324 e. The molecule has 0 atom stereocenters. The minimum absolute atomic E-state index is 0.00368. The van der Waals surface area contributed by atoms with Crippen molar-refractivity contribution < 1.29 is 18.4 Å². The van der Waals surface area contributed by atoms with Gasteiger partial charge in [-0.3, -0.25) is 10.1 Å². The molecule has 0 radical (unpaired) electrons. The van der Waals surface area contributed by atoms with Crippen molar-refractivity contribution in [1.29, 1.82) is 0 Å². The molecule has 7 nitrogen and oxygen atoms in total. The Hall–Kier alpha value is -3.75. The third-order valence-electron chi connectivity index (χ3n) is 5.16. The highest BCUT2D eigenvalue weighted by Crippen LogP contribution is 2.26. The lowest BCUT2D eigenvalue weighted by Crippen LogP contribution is -2.39. The van der Waals surface area contributed by atoms with Crippen molar-refractivity contribution in [3.05, 3.63) is 78.0 Å². The largest absolute Gasteiger partial charge is 0.338 e. The van der Waals surface area contributed by atoms with Gasteiger partial charge in [-0.2, -0.15) is 5.10 Å². The Morgan fingerprint density at radius 3 is 2.35 bits per heavy atom. The Morgan fingerprint density at radius 1 is 0.935 bits per heavy atom. The summed E-state index contributed by atoms with van der Waals surface area (Å²) in [7, 11) is 0. The Morgan fingerprint density at radius 2 is 1.65 bits per heavy atom. The quantitative estimate of drug-likeness (QED) is 0.655. The Labute approximate surface area is 177 Å². The van der Waals surface area contributed by atoms with Gasteiger partial charge in [0, 0.05) is 30.4 Å². The molecule has 0 aliphatic carbocycles. The van der Waals surface area contributed by atoms with Crippen molar-refractivity contribution in [2.24, 2.45) is 0 Å². The van der Waals surface area contributed by atoms with Crippen molar-refractivity contribution in [3.8, 4) is 0 Å². The van der Waals surface area contributed by atoms with E-state index in [1.54, 1.807) is 34.0 Å². The summed E-state index contributed by atoms with van der Waals surface area (Å²) < 4.78 is 28.4. The summed E-state index contributed by atoms with van der Waals surface area (Å²) in [5.74, 6) is -0.582. The molecule has 2 heterocycles. The number of anilines is 2. The highest BCUT2D eigenvalue weighted by atomic mass is 19.1. The molecule has 2 aromatic carbocycles. The summed E-state index contributed by atoms with van der Waals surface area (Å²) in [5.41, 5.74) is 0.668. The molecule has 160 valence electrons. The molecule has 1 aliphatic heterocycles. The number of halogens is 2. The monoisotopic (exact) mass is 425 g/mol. The minimum Gasteiger partial charge on any atom is -0.338 e. The zero-order chi connectivity index (χ0) is 21.8. The number of hydrogen-bond donors (Lipinski definition) is 2. The van der Waals surface area contributed by atoms with Crippen molar-refractivity contribution >= 4 is 23.4 Å². The van der Waals surface area contributed by atoms with Crippen molar-refractivity contribution in [3.63, 3.8) is 0 Å². The molecule has 0 bridgehead atoms. The van der Waals surface area contributed by atoms with Crippen LogP contribution in [0.2, 0.25) is 0 Å². The average molecular weight is 425 g/mol. The molecule has 1 fully saturated rings. The van der Waals surface area contributed by atoms with Crippen LogP contribution in [0, 0.1) is 11.6 Å². The molecule has 0 unspecified atom stereocenters. The Bertz CT molecular complexity index is 1090. The van der Waals surface area contributed by atoms with E-state index >= 15 is 0 Å². The van der Waals surface area contributed by atoms with E-state index in [0.29, 0.717) is 43.0 Å². The molecule has 3 amide bonds. The van der Waals surface area contributed by atoms with Crippen molar-refractivity contribution in [2.45, 2.75) is 18.9 Å². The van der Waals surface area contributed by atoms with E-state index in [-0.39, 0.29) is 11.9 Å². The molecule has 1 saturated heterocycles. The number of likely N-dealkylation sites (tertiary alicyclic amines) is 1. The van der Waals surface area contributed by atoms with E-state index in [1.807, 2.05) is 0 Å². The maximum atomic E-state index is 13.4. The number of urea groups is 1. The molecule has 0 spiro atoms. The van der Waals surface area contributed by atoms with Gasteiger partial charge < -0.3 is 10.2 Å². The van der Waals surface area contributed by atoms with Gasteiger partial charge in [0.1, 0.15) is 17.5 Å². The standard InChI is InChI=1S/C22H21F2N5O2/c23-16-4-1-3-15(13-16)21(30)28-11-8-19(9-12-28)29-20(7-10-25-29)27-22(31)26-18-6-2-5-17(24)14-18/h1-7,10,13-14,19H,8-9,11-12H2,(H2,26,27,31). The van der Waals surface area contributed by atoms with Crippen LogP contribution in [0.4, 0.5) is 25.1 Å². The zero-order valence-electron chi connectivity index (χ0n) is 16.6. The van der Waals surface area contributed by atoms with Crippen LogP contribution in [0.15, 0.2) is 60.8 Å². The van der Waals surface area contributed by atoms with Gasteiger partial charge in [0.15, 0.2) is 0 Å². The van der Waals surface area contributed by atoms with Gasteiger partial charge in [-0.05, 0) is 49.2 Å². The predicted octanol–water partition coefficient (Wildman–Crippen LogP) is 4.28. The molecule has 3 aromatic rings. The second-order valence-corrected chi connectivity index (χ2v) is 7.28. The number of nitrogens with one attached hydrogen (secondary N) is 2. The number of rotatable bonds is 4. The molecule has 9 heteroatoms. The van der Waals surface area contributed by atoms with E-state index in [1.165, 1.54) is 36.4 Å². The molecular weight excluding hydrogens is 404 g/mol. The number of benzene rings is 2. The number of hydrogen-bond acceptors (Lipinski definition) is 3. The van der Waals surface area contributed by atoms with Crippen LogP contribution in [0.25, 0.3) is 0 Å². The van der Waals surface area contributed by atoms with Crippen LogP contribution in [0.3, 0.4) is 0 Å². The van der Waals surface area contributed by atoms with E-state index in [4.69, 9.17) is 0 Å². The Kier molecular flexibility index (Phi) is 5.92. The summed E-state index contributed by atoms with van der Waals surface area (Å²) in [6.45, 7) is 0.990. The van der Waals surface area contributed by atoms with Gasteiger partial charge in [-0.25, -0.2) is 18.3 Å². The maximum absolute atomic E-state index is 13.4. The second-order valence-electron chi connectivity index (χ2n) is 7.28. The summed E-state index contributed by atoms with van der Waals surface area (Å²) >= 11 is 0. The summed E-state index contributed by atoms with van der Waals surface area (Å²) in [4.78, 5) is 26.6. The number of carbonyl (C=O) groups excluding carboxylic acids is 2. The number of aromatic nitrogens is 2. The van der Waals surface area contributed by atoms with Crippen LogP contribution in [0.5, 0.6) is 0 Å². The summed E-state index contributed by atoms with van der Waals surface area (Å²) in [6, 6.07) is 12.4. The van der Waals surface area contributed by atoms with E-state index in [0.717, 1.165) is 0 Å². The third kappa shape index (κ3) is 4.88. The van der Waals surface area contributed by atoms with Crippen molar-refractivity contribution in [2.75, 3.05) is 23.7 Å². The van der Waals surface area contributed by atoms with Gasteiger partial charge in [0.25, 0.3) is 5.91 Å². The Balaban J connectivity index is 1.36. The number of nitrogens with zero attached hydrogens (tertiary/aromatic N) is 3. The number of amides is 3. The number of piperidine rings is 1. The first-order valence-electron chi connectivity index (χ1n) is 9.91. The molecule has 2 N–H and O–H groups in total. The molecule has 0 saturated carbocycles. The molecule has 31 heavy (non-hydrogen) atoms. The fourth-order valence-corrected chi connectivity index (χ4v) is 3.67. The van der Waals surface area contributed by atoms with Gasteiger partial charge in [-0.15, -0.1) is 0 Å². The first-order chi connectivity index (χ1) is 15.0. The van der Waals surface area contributed by atoms with Crippen molar-refractivity contribution in [1.82, 2.24) is 14.7 Å². The number of carbonyl (C=O) groups is 2. The lowest BCUT2D eigenvalue weighted by Gasteiger charge is -2.32. The van der Waals surface area contributed by atoms with Gasteiger partial charge >= 0.3 is 6.03 Å². The van der Waals surface area contributed by atoms with Crippen LogP contribution >= 0.6 is 0 Å². The van der Waals surface area contributed by atoms with Crippen LogP contribution in [0.1, 0.15) is 29.2 Å². The average Bonchev–Trinajstić information content (AvgIpc) is 3.21. The minimum atomic E-state index is -0.508. The lowest BCUT2D eigenvalue weighted by atomic mass is 10.0.